The minimum Gasteiger partial charge on any atom is -0.507 e. The maximum atomic E-state index is 13.3. The van der Waals surface area contributed by atoms with Crippen molar-refractivity contribution in [2.75, 3.05) is 18.1 Å². The Bertz CT molecular complexity index is 1370. The van der Waals surface area contributed by atoms with E-state index in [1.54, 1.807) is 67.0 Å². The number of aliphatic hydroxyl groups is 1. The Morgan fingerprint density at radius 2 is 1.71 bits per heavy atom. The molecule has 1 aliphatic rings. The fourth-order valence-corrected chi connectivity index (χ4v) is 4.31. The van der Waals surface area contributed by atoms with E-state index in [4.69, 9.17) is 9.47 Å². The number of aryl methyl sites for hydroxylation is 1. The lowest BCUT2D eigenvalue weighted by Gasteiger charge is -2.25. The van der Waals surface area contributed by atoms with Crippen LogP contribution in [0.1, 0.15) is 59.8 Å². The minimum atomic E-state index is -0.919. The van der Waals surface area contributed by atoms with Gasteiger partial charge in [0, 0.05) is 23.6 Å². The molecular formula is C30H30N2O6. The van der Waals surface area contributed by atoms with Crippen molar-refractivity contribution in [3.05, 3.63) is 94.8 Å². The predicted molar refractivity (Wildman–Crippen MR) is 143 cm³/mol. The van der Waals surface area contributed by atoms with E-state index in [9.17, 15) is 19.5 Å². The smallest absolute Gasteiger partial charge is 0.338 e. The number of carbonyl (C=O) groups is 3. The van der Waals surface area contributed by atoms with Gasteiger partial charge in [0.2, 0.25) is 0 Å². The molecule has 1 aliphatic heterocycles. The number of esters is 1. The number of ketones is 1. The van der Waals surface area contributed by atoms with Crippen molar-refractivity contribution in [3.63, 3.8) is 0 Å². The molecule has 1 aromatic heterocycles. The average Bonchev–Trinajstić information content (AvgIpc) is 3.21. The molecule has 1 amide bonds. The molecule has 1 unspecified atom stereocenters. The zero-order chi connectivity index (χ0) is 27.2. The van der Waals surface area contributed by atoms with Gasteiger partial charge < -0.3 is 14.6 Å². The zero-order valence-electron chi connectivity index (χ0n) is 21.6. The van der Waals surface area contributed by atoms with Crippen LogP contribution in [0.15, 0.2) is 72.6 Å². The Labute approximate surface area is 221 Å². The lowest BCUT2D eigenvalue weighted by molar-refractivity contribution is -0.132. The summed E-state index contributed by atoms with van der Waals surface area (Å²) in [7, 11) is 0. The first-order chi connectivity index (χ1) is 18.4. The quantitative estimate of drug-likeness (QED) is 0.177. The van der Waals surface area contributed by atoms with Crippen molar-refractivity contribution in [1.29, 1.82) is 0 Å². The van der Waals surface area contributed by atoms with Crippen LogP contribution in [0.5, 0.6) is 5.75 Å². The van der Waals surface area contributed by atoms with E-state index < -0.39 is 23.7 Å². The third kappa shape index (κ3) is 5.29. The van der Waals surface area contributed by atoms with Gasteiger partial charge in [-0.2, -0.15) is 0 Å². The van der Waals surface area contributed by atoms with E-state index in [0.29, 0.717) is 47.8 Å². The molecule has 0 radical (unpaired) electrons. The van der Waals surface area contributed by atoms with E-state index in [-0.39, 0.29) is 11.3 Å². The number of benzene rings is 2. The fraction of sp³-hybridized carbons (Fsp3) is 0.267. The first-order valence-corrected chi connectivity index (χ1v) is 12.6. The van der Waals surface area contributed by atoms with Crippen LogP contribution in [-0.2, 0) is 14.3 Å². The van der Waals surface area contributed by atoms with Crippen LogP contribution >= 0.6 is 0 Å². The molecule has 8 nitrogen and oxygen atoms in total. The van der Waals surface area contributed by atoms with E-state index in [2.05, 4.69) is 4.98 Å². The number of amides is 1. The minimum absolute atomic E-state index is 0.0453. The summed E-state index contributed by atoms with van der Waals surface area (Å²) in [4.78, 5) is 44.4. The Balaban J connectivity index is 1.78. The van der Waals surface area contributed by atoms with E-state index in [1.807, 2.05) is 20.8 Å². The van der Waals surface area contributed by atoms with Gasteiger partial charge in [-0.1, -0.05) is 19.9 Å². The number of anilines is 1. The van der Waals surface area contributed by atoms with Gasteiger partial charge in [0.25, 0.3) is 11.7 Å². The Morgan fingerprint density at radius 1 is 1.00 bits per heavy atom. The molecule has 0 saturated carbocycles. The number of hydrogen-bond donors (Lipinski definition) is 1. The van der Waals surface area contributed by atoms with Crippen molar-refractivity contribution in [2.24, 2.45) is 0 Å². The maximum Gasteiger partial charge on any atom is 0.338 e. The summed E-state index contributed by atoms with van der Waals surface area (Å²) in [6.45, 7) is 6.64. The standard InChI is InChI=1S/C30H30N2O6/c1-4-15-37-24-13-10-21(17-19(24)3)27(33)25-26(22-7-6-14-31-18-22)32(29(35)28(25)34)23-11-8-20(9-12-23)30(36)38-16-5-2/h6-14,17-18,26,33H,4-5,15-16H2,1-3H3/b27-25-. The van der Waals surface area contributed by atoms with Crippen LogP contribution in [0.4, 0.5) is 5.69 Å². The molecule has 1 N–H and O–H groups in total. The Morgan fingerprint density at radius 3 is 2.34 bits per heavy atom. The molecule has 1 saturated heterocycles. The molecular weight excluding hydrogens is 484 g/mol. The van der Waals surface area contributed by atoms with E-state index >= 15 is 0 Å². The molecule has 0 spiro atoms. The SMILES string of the molecule is CCCOC(=O)c1ccc(N2C(=O)C(=O)/C(=C(\O)c3ccc(OCCC)c(C)c3)C2c2cccnc2)cc1. The maximum absolute atomic E-state index is 13.3. The zero-order valence-corrected chi connectivity index (χ0v) is 21.6. The fourth-order valence-electron chi connectivity index (χ4n) is 4.31. The summed E-state index contributed by atoms with van der Waals surface area (Å²) >= 11 is 0. The van der Waals surface area contributed by atoms with Gasteiger partial charge in [0.15, 0.2) is 0 Å². The van der Waals surface area contributed by atoms with Crippen molar-refractivity contribution >= 4 is 29.1 Å². The molecule has 1 atom stereocenters. The summed E-state index contributed by atoms with van der Waals surface area (Å²) in [6, 6.07) is 13.9. The van der Waals surface area contributed by atoms with Gasteiger partial charge in [-0.15, -0.1) is 0 Å². The highest BCUT2D eigenvalue weighted by molar-refractivity contribution is 6.51. The lowest BCUT2D eigenvalue weighted by Crippen LogP contribution is -2.29. The topological polar surface area (TPSA) is 106 Å². The highest BCUT2D eigenvalue weighted by Crippen LogP contribution is 2.42. The van der Waals surface area contributed by atoms with Crippen LogP contribution in [0.25, 0.3) is 5.76 Å². The number of hydrogen-bond acceptors (Lipinski definition) is 7. The lowest BCUT2D eigenvalue weighted by atomic mass is 9.95. The van der Waals surface area contributed by atoms with Gasteiger partial charge in [-0.3, -0.25) is 19.5 Å². The van der Waals surface area contributed by atoms with Crippen LogP contribution in [0.3, 0.4) is 0 Å². The predicted octanol–water partition coefficient (Wildman–Crippen LogP) is 5.37. The summed E-state index contributed by atoms with van der Waals surface area (Å²) in [5.41, 5.74) is 2.42. The van der Waals surface area contributed by atoms with Crippen molar-refractivity contribution in [1.82, 2.24) is 4.98 Å². The van der Waals surface area contributed by atoms with Gasteiger partial charge >= 0.3 is 5.97 Å². The van der Waals surface area contributed by atoms with Crippen molar-refractivity contribution in [2.45, 2.75) is 39.7 Å². The molecule has 38 heavy (non-hydrogen) atoms. The number of carbonyl (C=O) groups excluding carboxylic acids is 3. The first kappa shape index (κ1) is 26.6. The molecule has 2 aromatic carbocycles. The molecule has 0 bridgehead atoms. The summed E-state index contributed by atoms with van der Waals surface area (Å²) in [6.07, 6.45) is 4.70. The highest BCUT2D eigenvalue weighted by Gasteiger charge is 2.47. The second kappa shape index (κ2) is 11.7. The average molecular weight is 515 g/mol. The molecule has 2 heterocycles. The monoisotopic (exact) mass is 514 g/mol. The number of rotatable bonds is 9. The molecule has 1 fully saturated rings. The number of nitrogens with zero attached hydrogens (tertiary/aromatic N) is 2. The van der Waals surface area contributed by atoms with Gasteiger partial charge in [0.05, 0.1) is 30.4 Å². The number of ether oxygens (including phenoxy) is 2. The number of pyridine rings is 1. The largest absolute Gasteiger partial charge is 0.507 e. The van der Waals surface area contributed by atoms with Crippen molar-refractivity contribution in [3.8, 4) is 5.75 Å². The number of aromatic nitrogens is 1. The van der Waals surface area contributed by atoms with Crippen LogP contribution < -0.4 is 9.64 Å². The van der Waals surface area contributed by atoms with Gasteiger partial charge in [-0.05, 0) is 79.4 Å². The molecule has 196 valence electrons. The second-order valence-corrected chi connectivity index (χ2v) is 8.97. The Hall–Kier alpha value is -4.46. The number of aliphatic hydroxyl groups excluding tert-OH is 1. The van der Waals surface area contributed by atoms with E-state index in [0.717, 1.165) is 12.0 Å². The Kier molecular flexibility index (Phi) is 8.21. The normalized spacial score (nSPS) is 16.5. The summed E-state index contributed by atoms with van der Waals surface area (Å²) in [5.74, 6) is -1.67. The van der Waals surface area contributed by atoms with E-state index in [1.165, 1.54) is 4.90 Å². The van der Waals surface area contributed by atoms with Gasteiger partial charge in [0.1, 0.15) is 11.5 Å². The third-order valence-electron chi connectivity index (χ3n) is 6.17. The molecule has 3 aromatic rings. The first-order valence-electron chi connectivity index (χ1n) is 12.6. The van der Waals surface area contributed by atoms with Crippen molar-refractivity contribution < 1.29 is 29.0 Å². The molecule has 4 rings (SSSR count). The number of Topliss-reactive ketones (excluding diaryl/α,β-unsaturated/α-hetero) is 1. The highest BCUT2D eigenvalue weighted by atomic mass is 16.5. The van der Waals surface area contributed by atoms with Crippen LogP contribution in [0.2, 0.25) is 0 Å². The molecule has 8 heteroatoms. The van der Waals surface area contributed by atoms with Crippen LogP contribution in [-0.4, -0.2) is 41.0 Å². The third-order valence-corrected chi connectivity index (χ3v) is 6.17. The van der Waals surface area contributed by atoms with Gasteiger partial charge in [-0.25, -0.2) is 4.79 Å². The van der Waals surface area contributed by atoms with Crippen LogP contribution in [0, 0.1) is 6.92 Å². The summed E-state index contributed by atoms with van der Waals surface area (Å²) in [5, 5.41) is 11.4. The summed E-state index contributed by atoms with van der Waals surface area (Å²) < 4.78 is 10.9. The second-order valence-electron chi connectivity index (χ2n) is 8.97. The molecule has 0 aliphatic carbocycles.